The molecule has 0 fully saturated rings. The van der Waals surface area contributed by atoms with E-state index in [0.29, 0.717) is 6.42 Å². The van der Waals surface area contributed by atoms with Gasteiger partial charge in [0.05, 0.1) is 6.04 Å². The predicted molar refractivity (Wildman–Crippen MR) is 78.6 cm³/mol. The van der Waals surface area contributed by atoms with Crippen molar-refractivity contribution >= 4 is 28.7 Å². The Morgan fingerprint density at radius 2 is 2.00 bits per heavy atom. The van der Waals surface area contributed by atoms with Crippen molar-refractivity contribution in [1.82, 2.24) is 4.90 Å². The van der Waals surface area contributed by atoms with Gasteiger partial charge in [0.1, 0.15) is 0 Å². The van der Waals surface area contributed by atoms with Gasteiger partial charge in [-0.2, -0.15) is 0 Å². The first kappa shape index (κ1) is 15.2. The van der Waals surface area contributed by atoms with E-state index in [-0.39, 0.29) is 18.7 Å². The van der Waals surface area contributed by atoms with Gasteiger partial charge in [0.2, 0.25) is 0 Å². The molecule has 0 radical (unpaired) electrons. The van der Waals surface area contributed by atoms with Crippen LogP contribution < -0.4 is 0 Å². The van der Waals surface area contributed by atoms with Crippen molar-refractivity contribution in [3.8, 4) is 0 Å². The summed E-state index contributed by atoms with van der Waals surface area (Å²) < 4.78 is 1.01. The van der Waals surface area contributed by atoms with Crippen LogP contribution in [0.25, 0.3) is 0 Å². The molecule has 0 saturated heterocycles. The Balaban J connectivity index is 3.16. The predicted octanol–water partition coefficient (Wildman–Crippen LogP) is 3.10. The molecule has 4 nitrogen and oxygen atoms in total. The van der Waals surface area contributed by atoms with Crippen LogP contribution in [-0.4, -0.2) is 33.9 Å². The standard InChI is InChI=1S/C13H18INO3/c1-9(2)15(13(17)18)12(7-8-16)10-5-3-4-6-11(10)14/h3-6,9,12,16H,7-8H2,1-2H3,(H,17,18)/t12-/m0/s1. The van der Waals surface area contributed by atoms with E-state index in [1.165, 1.54) is 4.90 Å². The Morgan fingerprint density at radius 1 is 1.39 bits per heavy atom. The lowest BCUT2D eigenvalue weighted by atomic mass is 10.0. The number of carbonyl (C=O) groups is 1. The fourth-order valence-electron chi connectivity index (χ4n) is 2.03. The minimum atomic E-state index is -0.955. The van der Waals surface area contributed by atoms with E-state index in [9.17, 15) is 15.0 Å². The molecule has 100 valence electrons. The van der Waals surface area contributed by atoms with Crippen molar-refractivity contribution in [2.45, 2.75) is 32.4 Å². The van der Waals surface area contributed by atoms with E-state index in [1.807, 2.05) is 38.1 Å². The summed E-state index contributed by atoms with van der Waals surface area (Å²) in [6.45, 7) is 3.65. The van der Waals surface area contributed by atoms with Gasteiger partial charge >= 0.3 is 6.09 Å². The summed E-state index contributed by atoms with van der Waals surface area (Å²) in [5, 5.41) is 18.5. The SMILES string of the molecule is CC(C)N(C(=O)O)[C@@H](CCO)c1ccccc1I. The number of carboxylic acid groups (broad SMARTS) is 1. The van der Waals surface area contributed by atoms with E-state index >= 15 is 0 Å². The summed E-state index contributed by atoms with van der Waals surface area (Å²) in [7, 11) is 0. The molecule has 1 aromatic carbocycles. The van der Waals surface area contributed by atoms with Crippen LogP contribution in [0.15, 0.2) is 24.3 Å². The van der Waals surface area contributed by atoms with Crippen LogP contribution in [0.5, 0.6) is 0 Å². The fourth-order valence-corrected chi connectivity index (χ4v) is 2.77. The van der Waals surface area contributed by atoms with Crippen LogP contribution in [0.1, 0.15) is 31.9 Å². The van der Waals surface area contributed by atoms with Crippen molar-refractivity contribution in [2.75, 3.05) is 6.61 Å². The van der Waals surface area contributed by atoms with Crippen LogP contribution in [0.4, 0.5) is 4.79 Å². The second-order valence-corrected chi connectivity index (χ2v) is 5.50. The molecule has 0 aliphatic rings. The first-order chi connectivity index (χ1) is 8.49. The first-order valence-electron chi connectivity index (χ1n) is 5.85. The molecule has 18 heavy (non-hydrogen) atoms. The molecule has 0 spiro atoms. The number of nitrogens with zero attached hydrogens (tertiary/aromatic N) is 1. The number of aliphatic hydroxyl groups is 1. The molecule has 0 saturated carbocycles. The Bertz CT molecular complexity index is 409. The van der Waals surface area contributed by atoms with Crippen LogP contribution in [0.2, 0.25) is 0 Å². The highest BCUT2D eigenvalue weighted by Crippen LogP contribution is 2.29. The summed E-state index contributed by atoms with van der Waals surface area (Å²) in [6.07, 6.45) is -0.548. The normalized spacial score (nSPS) is 12.5. The molecular weight excluding hydrogens is 345 g/mol. The average molecular weight is 363 g/mol. The maximum Gasteiger partial charge on any atom is 0.408 e. The number of benzene rings is 1. The molecule has 0 unspecified atom stereocenters. The van der Waals surface area contributed by atoms with Gasteiger partial charge in [-0.25, -0.2) is 4.79 Å². The monoisotopic (exact) mass is 363 g/mol. The first-order valence-corrected chi connectivity index (χ1v) is 6.93. The zero-order valence-electron chi connectivity index (χ0n) is 10.5. The minimum absolute atomic E-state index is 0.0356. The third kappa shape index (κ3) is 3.58. The molecule has 5 heteroatoms. The molecule has 1 rings (SSSR count). The maximum atomic E-state index is 11.4. The third-order valence-electron chi connectivity index (χ3n) is 2.78. The van der Waals surface area contributed by atoms with E-state index in [1.54, 1.807) is 0 Å². The van der Waals surface area contributed by atoms with Crippen molar-refractivity contribution in [1.29, 1.82) is 0 Å². The second-order valence-electron chi connectivity index (χ2n) is 4.33. The molecule has 2 N–H and O–H groups in total. The summed E-state index contributed by atoms with van der Waals surface area (Å²) in [5.74, 6) is 0. The number of rotatable bonds is 5. The van der Waals surface area contributed by atoms with Crippen molar-refractivity contribution in [3.63, 3.8) is 0 Å². The molecule has 1 aromatic rings. The van der Waals surface area contributed by atoms with E-state index in [2.05, 4.69) is 22.6 Å². The maximum absolute atomic E-state index is 11.4. The summed E-state index contributed by atoms with van der Waals surface area (Å²) in [4.78, 5) is 12.8. The number of hydrogen-bond acceptors (Lipinski definition) is 2. The van der Waals surface area contributed by atoms with Crippen LogP contribution in [0, 0.1) is 3.57 Å². The highest BCUT2D eigenvalue weighted by Gasteiger charge is 2.27. The fraction of sp³-hybridized carbons (Fsp3) is 0.462. The van der Waals surface area contributed by atoms with Gasteiger partial charge in [0.15, 0.2) is 0 Å². The highest BCUT2D eigenvalue weighted by molar-refractivity contribution is 14.1. The van der Waals surface area contributed by atoms with Gasteiger partial charge in [-0.15, -0.1) is 0 Å². The highest BCUT2D eigenvalue weighted by atomic mass is 127. The zero-order chi connectivity index (χ0) is 13.7. The number of amides is 1. The molecule has 0 aliphatic heterocycles. The molecule has 0 aromatic heterocycles. The van der Waals surface area contributed by atoms with Crippen LogP contribution >= 0.6 is 22.6 Å². The lowest BCUT2D eigenvalue weighted by Crippen LogP contribution is -2.39. The van der Waals surface area contributed by atoms with Crippen LogP contribution in [0.3, 0.4) is 0 Å². The summed E-state index contributed by atoms with van der Waals surface area (Å²) in [5.41, 5.74) is 0.947. The third-order valence-corrected chi connectivity index (χ3v) is 3.76. The topological polar surface area (TPSA) is 60.8 Å². The number of aliphatic hydroxyl groups excluding tert-OH is 1. The molecular formula is C13H18INO3. The second kappa shape index (κ2) is 6.94. The van der Waals surface area contributed by atoms with Crippen molar-refractivity contribution in [3.05, 3.63) is 33.4 Å². The minimum Gasteiger partial charge on any atom is -0.465 e. The van der Waals surface area contributed by atoms with Crippen molar-refractivity contribution < 1.29 is 15.0 Å². The van der Waals surface area contributed by atoms with E-state index in [4.69, 9.17) is 0 Å². The number of halogens is 1. The molecule has 0 bridgehead atoms. The molecule has 0 aliphatic carbocycles. The Morgan fingerprint density at radius 3 is 2.44 bits per heavy atom. The Kier molecular flexibility index (Phi) is 5.87. The Labute approximate surface area is 121 Å². The van der Waals surface area contributed by atoms with Crippen molar-refractivity contribution in [2.24, 2.45) is 0 Å². The van der Waals surface area contributed by atoms with E-state index < -0.39 is 6.09 Å². The summed E-state index contributed by atoms with van der Waals surface area (Å²) in [6, 6.07) is 7.24. The van der Waals surface area contributed by atoms with Gasteiger partial charge < -0.3 is 10.2 Å². The zero-order valence-corrected chi connectivity index (χ0v) is 12.7. The summed E-state index contributed by atoms with van der Waals surface area (Å²) >= 11 is 2.19. The van der Waals surface area contributed by atoms with Gasteiger partial charge in [-0.1, -0.05) is 18.2 Å². The smallest absolute Gasteiger partial charge is 0.408 e. The van der Waals surface area contributed by atoms with Gasteiger partial charge in [0.25, 0.3) is 0 Å². The molecule has 0 heterocycles. The largest absolute Gasteiger partial charge is 0.465 e. The quantitative estimate of drug-likeness (QED) is 0.791. The van der Waals surface area contributed by atoms with Crippen LogP contribution in [-0.2, 0) is 0 Å². The average Bonchev–Trinajstić information content (AvgIpc) is 2.28. The molecule has 1 atom stereocenters. The van der Waals surface area contributed by atoms with Gasteiger partial charge in [-0.05, 0) is 54.5 Å². The lowest BCUT2D eigenvalue weighted by molar-refractivity contribution is 0.0956. The van der Waals surface area contributed by atoms with Gasteiger partial charge in [-0.3, -0.25) is 4.90 Å². The van der Waals surface area contributed by atoms with Gasteiger partial charge in [0, 0.05) is 16.2 Å². The molecule has 1 amide bonds. The Hall–Kier alpha value is -0.820. The lowest BCUT2D eigenvalue weighted by Gasteiger charge is -2.33. The van der Waals surface area contributed by atoms with E-state index in [0.717, 1.165) is 9.13 Å². The number of hydrogen-bond donors (Lipinski definition) is 2.